The van der Waals surface area contributed by atoms with Crippen molar-refractivity contribution in [3.8, 4) is 17.4 Å². The lowest BCUT2D eigenvalue weighted by Crippen LogP contribution is -2.20. The van der Waals surface area contributed by atoms with Crippen LogP contribution in [0.2, 0.25) is 5.15 Å². The van der Waals surface area contributed by atoms with E-state index in [4.69, 9.17) is 16.0 Å². The smallest absolute Gasteiger partial charge is 0.281 e. The highest BCUT2D eigenvalue weighted by Gasteiger charge is 2.21. The molecule has 0 spiro atoms. The third-order valence-corrected chi connectivity index (χ3v) is 6.23. The number of carbonyl (C=O) groups is 1. The number of benzene rings is 1. The van der Waals surface area contributed by atoms with Gasteiger partial charge in [0, 0.05) is 35.3 Å². The molecule has 0 aliphatic carbocycles. The van der Waals surface area contributed by atoms with Crippen LogP contribution in [0.4, 0.5) is 5.69 Å². The van der Waals surface area contributed by atoms with Crippen LogP contribution in [-0.4, -0.2) is 22.1 Å². The molecule has 1 unspecified atom stereocenters. The zero-order chi connectivity index (χ0) is 26.0. The van der Waals surface area contributed by atoms with E-state index in [0.29, 0.717) is 39.1 Å². The summed E-state index contributed by atoms with van der Waals surface area (Å²) < 4.78 is 8.99. The highest BCUT2D eigenvalue weighted by atomic mass is 35.5. The maximum absolute atomic E-state index is 13.4. The second-order valence-corrected chi connectivity index (χ2v) is 9.22. The number of aromatic nitrogens is 2. The Morgan fingerprint density at radius 3 is 2.72 bits per heavy atom. The quantitative estimate of drug-likeness (QED) is 0.250. The minimum Gasteiger partial charge on any atom is -0.455 e. The van der Waals surface area contributed by atoms with Gasteiger partial charge in [-0.1, -0.05) is 29.6 Å². The molecule has 10 heteroatoms. The number of pyridine rings is 2. The Morgan fingerprint density at radius 2 is 2.00 bits per heavy atom. The largest absolute Gasteiger partial charge is 0.455 e. The normalized spacial score (nSPS) is 11.7. The van der Waals surface area contributed by atoms with Crippen LogP contribution in [-0.2, 0) is 0 Å². The van der Waals surface area contributed by atoms with Gasteiger partial charge in [-0.2, -0.15) is 5.26 Å². The standard InChI is InChI=1S/C26H22ClN5O3S/c1-13-7-18(15(3)30-20-5-6-21(27)31-22(20)26(34)32-36-4)25-19(8-13)23(33)14(2)24(35-25)17-9-16(10-28)11-29-12-17/h5-9,11-12,15,30H,1-4H3,(H,32,34). The van der Waals surface area contributed by atoms with E-state index < -0.39 is 0 Å². The molecule has 4 aromatic rings. The van der Waals surface area contributed by atoms with Crippen LogP contribution >= 0.6 is 23.5 Å². The molecule has 3 aromatic heterocycles. The first-order chi connectivity index (χ1) is 17.2. The molecular weight excluding hydrogens is 498 g/mol. The van der Waals surface area contributed by atoms with Gasteiger partial charge in [-0.25, -0.2) is 4.98 Å². The third-order valence-electron chi connectivity index (χ3n) is 5.63. The van der Waals surface area contributed by atoms with Gasteiger partial charge in [0.1, 0.15) is 22.6 Å². The first kappa shape index (κ1) is 25.2. The molecule has 0 saturated carbocycles. The second-order valence-electron chi connectivity index (χ2n) is 8.22. The van der Waals surface area contributed by atoms with Crippen molar-refractivity contribution in [1.82, 2.24) is 14.7 Å². The molecule has 182 valence electrons. The van der Waals surface area contributed by atoms with Crippen LogP contribution in [0.15, 0.2) is 51.9 Å². The number of hydrogen-bond acceptors (Lipinski definition) is 8. The Hall–Kier alpha value is -3.87. The topological polar surface area (TPSA) is 121 Å². The highest BCUT2D eigenvalue weighted by Crippen LogP contribution is 2.32. The van der Waals surface area contributed by atoms with Gasteiger partial charge < -0.3 is 9.73 Å². The number of anilines is 1. The number of hydrogen-bond donors (Lipinski definition) is 2. The summed E-state index contributed by atoms with van der Waals surface area (Å²) in [4.78, 5) is 34.2. The van der Waals surface area contributed by atoms with Crippen molar-refractivity contribution >= 4 is 46.1 Å². The SMILES string of the molecule is CSNC(=O)c1nc(Cl)ccc1NC(C)c1cc(C)cc2c(=O)c(C)c(-c3cncc(C#N)c3)oc12. The van der Waals surface area contributed by atoms with Gasteiger partial charge in [0.15, 0.2) is 11.1 Å². The molecule has 0 saturated heterocycles. The number of halogens is 1. The van der Waals surface area contributed by atoms with Gasteiger partial charge in [-0.05, 0) is 50.6 Å². The fraction of sp³-hybridized carbons (Fsp3) is 0.192. The minimum atomic E-state index is -0.386. The average Bonchev–Trinajstić information content (AvgIpc) is 2.87. The van der Waals surface area contributed by atoms with Gasteiger partial charge in [0.25, 0.3) is 5.91 Å². The molecule has 8 nitrogen and oxygen atoms in total. The van der Waals surface area contributed by atoms with E-state index in [0.717, 1.165) is 23.1 Å². The van der Waals surface area contributed by atoms with E-state index in [1.807, 2.05) is 19.9 Å². The lowest BCUT2D eigenvalue weighted by Gasteiger charge is -2.20. The van der Waals surface area contributed by atoms with Crippen LogP contribution in [0.5, 0.6) is 0 Å². The van der Waals surface area contributed by atoms with Crippen LogP contribution in [0.25, 0.3) is 22.3 Å². The summed E-state index contributed by atoms with van der Waals surface area (Å²) in [6, 6.07) is 10.3. The maximum Gasteiger partial charge on any atom is 0.281 e. The van der Waals surface area contributed by atoms with E-state index >= 15 is 0 Å². The number of fused-ring (bicyclic) bond motifs is 1. The number of amides is 1. The van der Waals surface area contributed by atoms with Crippen LogP contribution in [0.3, 0.4) is 0 Å². The molecular formula is C26H22ClN5O3S. The molecule has 1 amide bonds. The number of rotatable bonds is 6. The Labute approximate surface area is 216 Å². The Kier molecular flexibility index (Phi) is 7.29. The van der Waals surface area contributed by atoms with Gasteiger partial charge >= 0.3 is 0 Å². The Balaban J connectivity index is 1.86. The Morgan fingerprint density at radius 1 is 1.22 bits per heavy atom. The van der Waals surface area contributed by atoms with E-state index in [9.17, 15) is 14.9 Å². The zero-order valence-electron chi connectivity index (χ0n) is 20.0. The van der Waals surface area contributed by atoms with Crippen LogP contribution < -0.4 is 15.5 Å². The summed E-state index contributed by atoms with van der Waals surface area (Å²) in [5.41, 5.74) is 3.80. The second kappa shape index (κ2) is 10.4. The van der Waals surface area contributed by atoms with Crippen LogP contribution in [0.1, 0.15) is 45.7 Å². The van der Waals surface area contributed by atoms with Gasteiger partial charge in [0.2, 0.25) is 0 Å². The van der Waals surface area contributed by atoms with Gasteiger partial charge in [-0.15, -0.1) is 0 Å². The van der Waals surface area contributed by atoms with Crippen molar-refractivity contribution in [2.75, 3.05) is 11.6 Å². The molecule has 0 aliphatic rings. The van der Waals surface area contributed by atoms with Crippen molar-refractivity contribution in [3.05, 3.63) is 86.0 Å². The van der Waals surface area contributed by atoms with Crippen molar-refractivity contribution in [1.29, 1.82) is 5.26 Å². The van der Waals surface area contributed by atoms with Gasteiger partial charge in [-0.3, -0.25) is 19.3 Å². The fourth-order valence-electron chi connectivity index (χ4n) is 3.97. The zero-order valence-corrected chi connectivity index (χ0v) is 21.5. The molecule has 0 radical (unpaired) electrons. The summed E-state index contributed by atoms with van der Waals surface area (Å²) >= 11 is 7.20. The fourth-order valence-corrected chi connectivity index (χ4v) is 4.40. The number of aryl methyl sites for hydroxylation is 1. The summed E-state index contributed by atoms with van der Waals surface area (Å²) in [6.07, 6.45) is 4.74. The lowest BCUT2D eigenvalue weighted by atomic mass is 9.99. The lowest BCUT2D eigenvalue weighted by molar-refractivity contribution is 0.0980. The monoisotopic (exact) mass is 519 g/mol. The minimum absolute atomic E-state index is 0.151. The van der Waals surface area contributed by atoms with Crippen molar-refractivity contribution in [2.24, 2.45) is 0 Å². The molecule has 1 atom stereocenters. The van der Waals surface area contributed by atoms with Crippen molar-refractivity contribution < 1.29 is 9.21 Å². The van der Waals surface area contributed by atoms with Crippen molar-refractivity contribution in [3.63, 3.8) is 0 Å². The van der Waals surface area contributed by atoms with Gasteiger partial charge in [0.05, 0.1) is 22.7 Å². The molecule has 0 bridgehead atoms. The highest BCUT2D eigenvalue weighted by molar-refractivity contribution is 7.97. The van der Waals surface area contributed by atoms with E-state index in [1.54, 1.807) is 43.6 Å². The molecule has 3 heterocycles. The van der Waals surface area contributed by atoms with E-state index in [1.165, 1.54) is 6.20 Å². The molecule has 4 rings (SSSR count). The third kappa shape index (κ3) is 4.91. The number of nitrogens with one attached hydrogen (secondary N) is 2. The first-order valence-electron chi connectivity index (χ1n) is 10.9. The Bertz CT molecular complexity index is 1600. The number of nitriles is 1. The molecule has 1 aromatic carbocycles. The molecule has 0 aliphatic heterocycles. The van der Waals surface area contributed by atoms with E-state index in [-0.39, 0.29) is 28.2 Å². The van der Waals surface area contributed by atoms with Crippen molar-refractivity contribution in [2.45, 2.75) is 26.8 Å². The molecule has 0 fully saturated rings. The summed E-state index contributed by atoms with van der Waals surface area (Å²) in [5, 5.41) is 13.2. The maximum atomic E-state index is 13.4. The predicted molar refractivity (Wildman–Crippen MR) is 142 cm³/mol. The predicted octanol–water partition coefficient (Wildman–Crippen LogP) is 5.57. The summed E-state index contributed by atoms with van der Waals surface area (Å²) in [5.74, 6) is -0.0364. The molecule has 36 heavy (non-hydrogen) atoms. The molecule has 2 N–H and O–H groups in total. The summed E-state index contributed by atoms with van der Waals surface area (Å²) in [7, 11) is 0. The van der Waals surface area contributed by atoms with Crippen LogP contribution in [0, 0.1) is 25.2 Å². The number of carbonyl (C=O) groups excluding carboxylic acids is 1. The first-order valence-corrected chi connectivity index (χ1v) is 12.5. The summed E-state index contributed by atoms with van der Waals surface area (Å²) in [6.45, 7) is 5.50. The average molecular weight is 520 g/mol. The van der Waals surface area contributed by atoms with E-state index in [2.05, 4.69) is 26.1 Å². The number of nitrogens with zero attached hydrogens (tertiary/aromatic N) is 3.